The van der Waals surface area contributed by atoms with Gasteiger partial charge in [0.25, 0.3) is 0 Å². The molecule has 0 heterocycles. The van der Waals surface area contributed by atoms with Crippen molar-refractivity contribution in [3.63, 3.8) is 0 Å². The molecule has 2 aliphatic carbocycles. The second-order valence-electron chi connectivity index (χ2n) is 19.6. The van der Waals surface area contributed by atoms with Crippen molar-refractivity contribution < 1.29 is 0 Å². The van der Waals surface area contributed by atoms with Gasteiger partial charge in [-0.25, -0.2) is 0 Å². The maximum Gasteiger partial charge on any atom is 0.146 e. The minimum atomic E-state index is -1.74. The molecule has 1 N–H and O–H groups in total. The zero-order chi connectivity index (χ0) is 38.5. The Bertz CT molecular complexity index is 1820. The number of nitrogens with one attached hydrogen (secondary N) is 1. The number of hydrogen-bond acceptors (Lipinski definition) is 1. The van der Waals surface area contributed by atoms with Crippen molar-refractivity contribution in [3.05, 3.63) is 98.6 Å². The molecular formula is C45H70ClNSi4. The van der Waals surface area contributed by atoms with Gasteiger partial charge in [-0.3, -0.25) is 0 Å². The van der Waals surface area contributed by atoms with Crippen LogP contribution in [0.4, 0.5) is 5.69 Å². The molecule has 0 fully saturated rings. The van der Waals surface area contributed by atoms with Crippen molar-refractivity contribution in [2.75, 3.05) is 4.98 Å². The first-order valence-corrected chi connectivity index (χ1v) is 34.5. The van der Waals surface area contributed by atoms with Crippen LogP contribution in [0.1, 0.15) is 107 Å². The fourth-order valence-corrected chi connectivity index (χ4v) is 20.5. The van der Waals surface area contributed by atoms with E-state index in [1.807, 2.05) is 0 Å². The molecule has 0 aliphatic heterocycles. The predicted octanol–water partition coefficient (Wildman–Crippen LogP) is 12.7. The average Bonchev–Trinajstić information content (AvgIpc) is 3.63. The van der Waals surface area contributed by atoms with Gasteiger partial charge >= 0.3 is 0 Å². The summed E-state index contributed by atoms with van der Waals surface area (Å²) in [7, 11) is -5.08. The first kappa shape index (κ1) is 41.8. The maximum atomic E-state index is 6.98. The molecule has 0 saturated heterocycles. The smallest absolute Gasteiger partial charge is 0.146 e. The standard InChI is InChI=1S/C26H39NSi2.C19H31ClSi2/c1-10-20-15-21-17-22(26(3,4)5)18-25(23(21)16-20)28(6,7)29(8,9)27-24-14-12-11-13-19(24)2;1-9-14-10-15-12-16(19(2,3)4)13-18(17(15)11-14)21(5,6)22(7,8)20/h11-15,17-18,27H,10,16H2,1-9H3;10,12-13H,9,11H2,1-8H3. The molecule has 0 aromatic heterocycles. The Kier molecular flexibility index (Phi) is 12.1. The van der Waals surface area contributed by atoms with Crippen LogP contribution in [0.25, 0.3) is 12.2 Å². The van der Waals surface area contributed by atoms with Gasteiger partial charge in [0.1, 0.15) is 14.7 Å². The third-order valence-corrected chi connectivity index (χ3v) is 47.8. The maximum absolute atomic E-state index is 6.98. The number of allylic oxidation sites excluding steroid dienone is 2. The number of para-hydroxylation sites is 1. The molecule has 0 radical (unpaired) electrons. The topological polar surface area (TPSA) is 12.0 Å². The number of fused-ring (bicyclic) bond motifs is 2. The average molecular weight is 773 g/mol. The van der Waals surface area contributed by atoms with Gasteiger partial charge in [-0.15, -0.1) is 0 Å². The molecule has 0 amide bonds. The van der Waals surface area contributed by atoms with Crippen molar-refractivity contribution in [1.82, 2.24) is 0 Å². The Morgan fingerprint density at radius 2 is 1.04 bits per heavy atom. The summed E-state index contributed by atoms with van der Waals surface area (Å²) in [6.07, 6.45) is 9.51. The van der Waals surface area contributed by atoms with Gasteiger partial charge in [0, 0.05) is 5.69 Å². The van der Waals surface area contributed by atoms with E-state index in [9.17, 15) is 0 Å². The van der Waals surface area contributed by atoms with Crippen LogP contribution in [-0.4, -0.2) is 29.8 Å². The third-order valence-electron chi connectivity index (χ3n) is 12.7. The van der Waals surface area contributed by atoms with Crippen LogP contribution < -0.4 is 15.4 Å². The van der Waals surface area contributed by atoms with Crippen molar-refractivity contribution in [3.8, 4) is 0 Å². The zero-order valence-corrected chi connectivity index (χ0v) is 40.2. The molecule has 6 heteroatoms. The summed E-state index contributed by atoms with van der Waals surface area (Å²) in [4.78, 5) is 4.08. The summed E-state index contributed by atoms with van der Waals surface area (Å²) in [6, 6.07) is 18.8. The number of benzene rings is 3. The van der Waals surface area contributed by atoms with E-state index in [4.69, 9.17) is 11.1 Å². The van der Waals surface area contributed by atoms with Gasteiger partial charge < -0.3 is 4.98 Å². The van der Waals surface area contributed by atoms with Gasteiger partial charge in [0.2, 0.25) is 0 Å². The highest BCUT2D eigenvalue weighted by Crippen LogP contribution is 2.36. The SMILES string of the molecule is CCC1=Cc2cc(C(C)(C)C)cc([Si](C)(C)[Si](C)(C)Cl)c2C1.CCC1=Cc2cc(C(C)(C)C)cc([Si](C)(C)[Si](C)(C)Nc3ccccc3C)c2C1. The van der Waals surface area contributed by atoms with Crippen LogP contribution in [0.2, 0.25) is 52.4 Å². The quantitative estimate of drug-likeness (QED) is 0.178. The van der Waals surface area contributed by atoms with E-state index >= 15 is 0 Å². The molecule has 3 aromatic rings. The molecule has 0 bridgehead atoms. The van der Waals surface area contributed by atoms with E-state index in [1.54, 1.807) is 32.6 Å². The van der Waals surface area contributed by atoms with Crippen molar-refractivity contribution in [2.45, 2.75) is 151 Å². The van der Waals surface area contributed by atoms with Crippen LogP contribution in [0.15, 0.2) is 59.7 Å². The number of hydrogen-bond donors (Lipinski definition) is 1. The van der Waals surface area contributed by atoms with E-state index < -0.39 is 29.8 Å². The van der Waals surface area contributed by atoms with Crippen LogP contribution in [-0.2, 0) is 23.7 Å². The number of rotatable bonds is 8. The summed E-state index contributed by atoms with van der Waals surface area (Å²) < 4.78 is 0. The van der Waals surface area contributed by atoms with Crippen LogP contribution >= 0.6 is 11.1 Å². The van der Waals surface area contributed by atoms with E-state index in [-0.39, 0.29) is 10.8 Å². The Morgan fingerprint density at radius 1 is 0.627 bits per heavy atom. The van der Waals surface area contributed by atoms with Gasteiger partial charge in [-0.2, -0.15) is 11.1 Å². The lowest BCUT2D eigenvalue weighted by Crippen LogP contribution is -2.68. The highest BCUT2D eigenvalue weighted by molar-refractivity contribution is 7.61. The monoisotopic (exact) mass is 771 g/mol. The molecule has 0 spiro atoms. The second kappa shape index (κ2) is 14.7. The highest BCUT2D eigenvalue weighted by atomic mass is 35.6. The summed E-state index contributed by atoms with van der Waals surface area (Å²) in [5.41, 5.74) is 15.3. The summed E-state index contributed by atoms with van der Waals surface area (Å²) in [6.45, 7) is 39.0. The molecule has 0 unspecified atom stereocenters. The van der Waals surface area contributed by atoms with Crippen LogP contribution in [0, 0.1) is 6.92 Å². The molecule has 3 aromatic carbocycles. The molecule has 0 atom stereocenters. The largest absolute Gasteiger partial charge is 0.412 e. The van der Waals surface area contributed by atoms with Crippen LogP contribution in [0.5, 0.6) is 0 Å². The molecule has 278 valence electrons. The molecule has 0 saturated carbocycles. The molecular weight excluding hydrogens is 702 g/mol. The van der Waals surface area contributed by atoms with Crippen molar-refractivity contribution in [1.29, 1.82) is 0 Å². The minimum Gasteiger partial charge on any atom is -0.412 e. The lowest BCUT2D eigenvalue weighted by atomic mass is 9.85. The normalized spacial score (nSPS) is 15.1. The first-order chi connectivity index (χ1) is 23.2. The lowest BCUT2D eigenvalue weighted by Gasteiger charge is -2.42. The number of anilines is 1. The Morgan fingerprint density at radius 3 is 1.41 bits per heavy atom. The Hall–Kier alpha value is -1.90. The first-order valence-electron chi connectivity index (χ1n) is 19.5. The van der Waals surface area contributed by atoms with E-state index in [0.717, 1.165) is 25.7 Å². The number of aryl methyl sites for hydroxylation is 1. The number of halogens is 1. The highest BCUT2D eigenvalue weighted by Gasteiger charge is 2.46. The Balaban J connectivity index is 0.000000238. The van der Waals surface area contributed by atoms with Gasteiger partial charge in [0.05, 0.1) is 15.2 Å². The van der Waals surface area contributed by atoms with Crippen molar-refractivity contribution in [2.24, 2.45) is 0 Å². The minimum absolute atomic E-state index is 0.173. The fourth-order valence-electron chi connectivity index (χ4n) is 7.34. The molecule has 1 nitrogen and oxygen atoms in total. The molecule has 5 rings (SSSR count). The van der Waals surface area contributed by atoms with E-state index in [2.05, 4.69) is 180 Å². The van der Waals surface area contributed by atoms with Gasteiger partial charge in [0.15, 0.2) is 0 Å². The molecule has 2 aliphatic rings. The Labute approximate surface area is 322 Å². The second-order valence-corrected chi connectivity index (χ2v) is 52.4. The van der Waals surface area contributed by atoms with Gasteiger partial charge in [-0.1, -0.05) is 184 Å². The fraction of sp³-hybridized carbons (Fsp3) is 0.511. The lowest BCUT2D eigenvalue weighted by molar-refractivity contribution is 0.590. The third kappa shape index (κ3) is 8.75. The van der Waals surface area contributed by atoms with Crippen LogP contribution in [0.3, 0.4) is 0 Å². The van der Waals surface area contributed by atoms with E-state index in [0.29, 0.717) is 0 Å². The zero-order valence-electron chi connectivity index (χ0n) is 35.5. The summed E-state index contributed by atoms with van der Waals surface area (Å²) in [5.74, 6) is 0. The summed E-state index contributed by atoms with van der Waals surface area (Å²) in [5, 5.41) is 3.32. The molecule has 51 heavy (non-hydrogen) atoms. The summed E-state index contributed by atoms with van der Waals surface area (Å²) >= 11 is 6.98. The van der Waals surface area contributed by atoms with Crippen molar-refractivity contribution >= 4 is 69.1 Å². The van der Waals surface area contributed by atoms with E-state index in [1.165, 1.54) is 33.5 Å². The predicted molar refractivity (Wildman–Crippen MR) is 244 cm³/mol. The van der Waals surface area contributed by atoms with Gasteiger partial charge in [-0.05, 0) is 88.4 Å².